The van der Waals surface area contributed by atoms with Crippen LogP contribution in [0.25, 0.3) is 0 Å². The summed E-state index contributed by atoms with van der Waals surface area (Å²) < 4.78 is 1.67. The van der Waals surface area contributed by atoms with Gasteiger partial charge in [-0.15, -0.1) is 0 Å². The van der Waals surface area contributed by atoms with Crippen LogP contribution in [0.4, 0.5) is 5.69 Å². The van der Waals surface area contributed by atoms with Gasteiger partial charge in [-0.3, -0.25) is 14.3 Å². The Morgan fingerprint density at radius 2 is 2.14 bits per heavy atom. The van der Waals surface area contributed by atoms with Gasteiger partial charge in [-0.25, -0.2) is 0 Å². The number of anilines is 1. The number of amides is 2. The molecule has 0 radical (unpaired) electrons. The molecule has 0 spiro atoms. The highest BCUT2D eigenvalue weighted by Crippen LogP contribution is 2.23. The molecule has 0 saturated carbocycles. The van der Waals surface area contributed by atoms with E-state index in [2.05, 4.69) is 5.10 Å². The van der Waals surface area contributed by atoms with Crippen molar-refractivity contribution in [2.75, 3.05) is 25.4 Å². The van der Waals surface area contributed by atoms with Gasteiger partial charge in [-0.2, -0.15) is 5.10 Å². The van der Waals surface area contributed by atoms with E-state index in [9.17, 15) is 9.59 Å². The molecule has 1 unspecified atom stereocenters. The Morgan fingerprint density at radius 1 is 1.38 bits per heavy atom. The number of carbonyl (C=O) groups is 2. The average Bonchev–Trinajstić information content (AvgIpc) is 2.95. The zero-order chi connectivity index (χ0) is 15.1. The molecule has 7 heteroatoms. The van der Waals surface area contributed by atoms with Crippen molar-refractivity contribution in [3.05, 3.63) is 11.4 Å². The lowest BCUT2D eigenvalue weighted by Crippen LogP contribution is -2.53. The molecule has 3 rings (SSSR count). The van der Waals surface area contributed by atoms with Crippen LogP contribution in [-0.4, -0.2) is 57.1 Å². The van der Waals surface area contributed by atoms with Crippen LogP contribution in [0.1, 0.15) is 24.2 Å². The minimum Gasteiger partial charge on any atom is -0.396 e. The van der Waals surface area contributed by atoms with Gasteiger partial charge in [0.05, 0.1) is 17.1 Å². The lowest BCUT2D eigenvalue weighted by atomic mass is 10.1. The second kappa shape index (κ2) is 5.05. The summed E-state index contributed by atoms with van der Waals surface area (Å²) in [6.07, 6.45) is 1.47. The molecule has 0 aliphatic carbocycles. The summed E-state index contributed by atoms with van der Waals surface area (Å²) in [6, 6.07) is 0.195. The van der Waals surface area contributed by atoms with Crippen LogP contribution in [0.15, 0.2) is 0 Å². The smallest absolute Gasteiger partial charge is 0.244 e. The van der Waals surface area contributed by atoms with Gasteiger partial charge in [0.1, 0.15) is 6.54 Å². The van der Waals surface area contributed by atoms with Crippen LogP contribution in [0.2, 0.25) is 0 Å². The fourth-order valence-corrected chi connectivity index (χ4v) is 3.18. The standard InChI is InChI=1S/C14H21N5O2/c1-9-14(15)10(2)19(16-9)8-13(21)17-5-6-18-11(7-17)3-4-12(18)20/h11H,3-8,15H2,1-2H3. The van der Waals surface area contributed by atoms with Gasteiger partial charge in [-0.1, -0.05) is 0 Å². The molecule has 2 saturated heterocycles. The number of hydrogen-bond donors (Lipinski definition) is 1. The zero-order valence-electron chi connectivity index (χ0n) is 12.5. The van der Waals surface area contributed by atoms with E-state index in [0.29, 0.717) is 31.7 Å². The van der Waals surface area contributed by atoms with Gasteiger partial charge >= 0.3 is 0 Å². The zero-order valence-corrected chi connectivity index (χ0v) is 12.5. The van der Waals surface area contributed by atoms with Crippen molar-refractivity contribution >= 4 is 17.5 Å². The van der Waals surface area contributed by atoms with E-state index in [1.807, 2.05) is 23.6 Å². The van der Waals surface area contributed by atoms with Crippen molar-refractivity contribution in [1.29, 1.82) is 0 Å². The molecule has 1 aromatic heterocycles. The van der Waals surface area contributed by atoms with Gasteiger partial charge in [-0.05, 0) is 20.3 Å². The van der Waals surface area contributed by atoms with E-state index in [0.717, 1.165) is 17.8 Å². The number of rotatable bonds is 2. The fraction of sp³-hybridized carbons (Fsp3) is 0.643. The number of aromatic nitrogens is 2. The van der Waals surface area contributed by atoms with E-state index in [1.165, 1.54) is 0 Å². The van der Waals surface area contributed by atoms with Crippen molar-refractivity contribution in [1.82, 2.24) is 19.6 Å². The number of nitrogens with two attached hydrogens (primary N) is 1. The number of piperazine rings is 1. The second-order valence-corrected chi connectivity index (χ2v) is 5.86. The Morgan fingerprint density at radius 3 is 2.81 bits per heavy atom. The summed E-state index contributed by atoms with van der Waals surface area (Å²) in [5.41, 5.74) is 8.12. The van der Waals surface area contributed by atoms with Crippen molar-refractivity contribution < 1.29 is 9.59 Å². The molecule has 2 N–H and O–H groups in total. The molecule has 0 bridgehead atoms. The number of carbonyl (C=O) groups excluding carboxylic acids is 2. The highest BCUT2D eigenvalue weighted by atomic mass is 16.2. The van der Waals surface area contributed by atoms with E-state index in [1.54, 1.807) is 4.68 Å². The highest BCUT2D eigenvalue weighted by molar-refractivity contribution is 5.80. The lowest BCUT2D eigenvalue weighted by Gasteiger charge is -2.37. The minimum absolute atomic E-state index is 0.0413. The Labute approximate surface area is 123 Å². The number of nitrogens with zero attached hydrogens (tertiary/aromatic N) is 4. The van der Waals surface area contributed by atoms with Gasteiger partial charge in [0.2, 0.25) is 11.8 Å². The molecule has 2 amide bonds. The average molecular weight is 291 g/mol. The van der Waals surface area contributed by atoms with Crippen LogP contribution < -0.4 is 5.73 Å². The summed E-state index contributed by atoms with van der Waals surface area (Å²) in [7, 11) is 0. The summed E-state index contributed by atoms with van der Waals surface area (Å²) in [5, 5.41) is 4.30. The fourth-order valence-electron chi connectivity index (χ4n) is 3.18. The lowest BCUT2D eigenvalue weighted by molar-refractivity contribution is -0.139. The van der Waals surface area contributed by atoms with Gasteiger partial charge in [0.15, 0.2) is 0 Å². The summed E-state index contributed by atoms with van der Waals surface area (Å²) in [6.45, 7) is 5.82. The van der Waals surface area contributed by atoms with E-state index < -0.39 is 0 Å². The molecule has 2 aliphatic heterocycles. The maximum Gasteiger partial charge on any atom is 0.244 e. The molecular formula is C14H21N5O2. The Bertz CT molecular complexity index is 594. The highest BCUT2D eigenvalue weighted by Gasteiger charge is 2.36. The molecule has 21 heavy (non-hydrogen) atoms. The maximum atomic E-state index is 12.4. The normalized spacial score (nSPS) is 21.8. The Balaban J connectivity index is 1.66. The van der Waals surface area contributed by atoms with Crippen LogP contribution >= 0.6 is 0 Å². The first-order valence-electron chi connectivity index (χ1n) is 7.34. The second-order valence-electron chi connectivity index (χ2n) is 5.86. The third kappa shape index (κ3) is 2.36. The van der Waals surface area contributed by atoms with Crippen molar-refractivity contribution in [2.24, 2.45) is 0 Å². The summed E-state index contributed by atoms with van der Waals surface area (Å²) in [5.74, 6) is 0.262. The third-order valence-electron chi connectivity index (χ3n) is 4.57. The number of aryl methyl sites for hydroxylation is 1. The molecule has 114 valence electrons. The summed E-state index contributed by atoms with van der Waals surface area (Å²) >= 11 is 0. The summed E-state index contributed by atoms with van der Waals surface area (Å²) in [4.78, 5) is 27.8. The molecule has 1 atom stereocenters. The topological polar surface area (TPSA) is 84.5 Å². The SMILES string of the molecule is Cc1nn(CC(=O)N2CCN3C(=O)CCC3C2)c(C)c1N. The molecular weight excluding hydrogens is 270 g/mol. The van der Waals surface area contributed by atoms with Gasteiger partial charge < -0.3 is 15.5 Å². The van der Waals surface area contributed by atoms with E-state index >= 15 is 0 Å². The van der Waals surface area contributed by atoms with Crippen molar-refractivity contribution in [3.63, 3.8) is 0 Å². The molecule has 2 aliphatic rings. The van der Waals surface area contributed by atoms with Gasteiger partial charge in [0, 0.05) is 32.1 Å². The van der Waals surface area contributed by atoms with Crippen LogP contribution in [0, 0.1) is 13.8 Å². The number of nitrogen functional groups attached to an aromatic ring is 1. The Kier molecular flexibility index (Phi) is 3.35. The van der Waals surface area contributed by atoms with E-state index in [4.69, 9.17) is 5.73 Å². The number of fused-ring (bicyclic) bond motifs is 1. The quantitative estimate of drug-likeness (QED) is 0.825. The molecule has 2 fully saturated rings. The molecule has 7 nitrogen and oxygen atoms in total. The predicted octanol–water partition coefficient (Wildman–Crippen LogP) is -0.0847. The molecule has 1 aromatic rings. The van der Waals surface area contributed by atoms with Crippen LogP contribution in [0.5, 0.6) is 0 Å². The maximum absolute atomic E-state index is 12.4. The van der Waals surface area contributed by atoms with Crippen LogP contribution in [-0.2, 0) is 16.1 Å². The molecule has 3 heterocycles. The minimum atomic E-state index is 0.0413. The largest absolute Gasteiger partial charge is 0.396 e. The van der Waals surface area contributed by atoms with Gasteiger partial charge in [0.25, 0.3) is 0 Å². The predicted molar refractivity (Wildman–Crippen MR) is 77.4 cm³/mol. The van der Waals surface area contributed by atoms with Crippen molar-refractivity contribution in [3.8, 4) is 0 Å². The molecule has 0 aromatic carbocycles. The first kappa shape index (κ1) is 13.9. The number of hydrogen-bond acceptors (Lipinski definition) is 4. The van der Waals surface area contributed by atoms with Crippen molar-refractivity contribution in [2.45, 2.75) is 39.3 Å². The van der Waals surface area contributed by atoms with Crippen LogP contribution in [0.3, 0.4) is 0 Å². The monoisotopic (exact) mass is 291 g/mol. The third-order valence-corrected chi connectivity index (χ3v) is 4.57. The first-order chi connectivity index (χ1) is 9.97. The van der Waals surface area contributed by atoms with E-state index in [-0.39, 0.29) is 24.4 Å². The Hall–Kier alpha value is -2.05. The first-order valence-corrected chi connectivity index (χ1v) is 7.34.